The lowest BCUT2D eigenvalue weighted by atomic mass is 10.3. The zero-order valence-corrected chi connectivity index (χ0v) is 6.18. The largest absolute Gasteiger partial charge is 0.478 e. The molecule has 0 aromatic carbocycles. The number of carboxylic acids is 1. The maximum absolute atomic E-state index is 10.7. The van der Waals surface area contributed by atoms with Gasteiger partial charge in [0.25, 0.3) is 0 Å². The molecule has 0 unspecified atom stereocenters. The van der Waals surface area contributed by atoms with Crippen LogP contribution in [0.25, 0.3) is 6.20 Å². The van der Waals surface area contributed by atoms with Crippen LogP contribution in [0.2, 0.25) is 0 Å². The standard InChI is InChI=1S/C5H6N4O3/c1-3(4(10)11)2-9-5(12)6-7-8-9/h2H,1H3,(H,10,11)(H,6,8,12)/b3-2+. The minimum absolute atomic E-state index is 0.00556. The third-order valence-electron chi connectivity index (χ3n) is 1.15. The fourth-order valence-electron chi connectivity index (χ4n) is 0.528. The van der Waals surface area contributed by atoms with Gasteiger partial charge in [-0.3, -0.25) is 0 Å². The number of carbonyl (C=O) groups is 1. The number of tetrazole rings is 1. The lowest BCUT2D eigenvalue weighted by Gasteiger charge is -1.89. The van der Waals surface area contributed by atoms with Crippen LogP contribution in [0, 0.1) is 0 Å². The van der Waals surface area contributed by atoms with Gasteiger partial charge in [-0.2, -0.15) is 4.68 Å². The number of nitrogens with one attached hydrogen (secondary N) is 1. The SMILES string of the molecule is C/C(=C\n1nn[nH]c1=O)C(=O)O. The van der Waals surface area contributed by atoms with Gasteiger partial charge in [0.05, 0.1) is 5.57 Å². The summed E-state index contributed by atoms with van der Waals surface area (Å²) in [5, 5.41) is 16.9. The maximum atomic E-state index is 10.7. The van der Waals surface area contributed by atoms with E-state index in [1.54, 1.807) is 0 Å². The van der Waals surface area contributed by atoms with E-state index in [0.29, 0.717) is 0 Å². The van der Waals surface area contributed by atoms with E-state index in [4.69, 9.17) is 5.11 Å². The number of rotatable bonds is 2. The monoisotopic (exact) mass is 170 g/mol. The summed E-state index contributed by atoms with van der Waals surface area (Å²) in [7, 11) is 0. The highest BCUT2D eigenvalue weighted by Gasteiger charge is 2.01. The van der Waals surface area contributed by atoms with Crippen molar-refractivity contribution < 1.29 is 9.90 Å². The van der Waals surface area contributed by atoms with Crippen molar-refractivity contribution in [2.45, 2.75) is 6.92 Å². The summed E-state index contributed by atoms with van der Waals surface area (Å²) in [6, 6.07) is 0. The van der Waals surface area contributed by atoms with Crippen LogP contribution in [0.1, 0.15) is 6.92 Å². The van der Waals surface area contributed by atoms with Crippen molar-refractivity contribution in [3.05, 3.63) is 16.1 Å². The molecule has 1 aromatic heterocycles. The van der Waals surface area contributed by atoms with E-state index in [2.05, 4.69) is 10.4 Å². The molecule has 0 amide bonds. The van der Waals surface area contributed by atoms with Crippen LogP contribution in [0.4, 0.5) is 0 Å². The van der Waals surface area contributed by atoms with Crippen molar-refractivity contribution in [3.63, 3.8) is 0 Å². The quantitative estimate of drug-likeness (QED) is 0.549. The summed E-state index contributed by atoms with van der Waals surface area (Å²) < 4.78 is 0.809. The van der Waals surface area contributed by atoms with E-state index < -0.39 is 11.7 Å². The number of hydrogen-bond acceptors (Lipinski definition) is 4. The number of carboxylic acid groups (broad SMARTS) is 1. The molecule has 0 saturated carbocycles. The minimum atomic E-state index is -1.11. The molecule has 0 radical (unpaired) electrons. The molecule has 1 heterocycles. The number of aromatic amines is 1. The Balaban J connectivity index is 3.03. The number of nitrogens with zero attached hydrogens (tertiary/aromatic N) is 3. The summed E-state index contributed by atoms with van der Waals surface area (Å²) in [5.74, 6) is -1.11. The third-order valence-corrected chi connectivity index (χ3v) is 1.15. The van der Waals surface area contributed by atoms with Gasteiger partial charge in [-0.05, 0) is 17.4 Å². The van der Waals surface area contributed by atoms with Crippen LogP contribution in [-0.2, 0) is 4.79 Å². The van der Waals surface area contributed by atoms with Gasteiger partial charge in [0, 0.05) is 6.20 Å². The number of hydrogen-bond donors (Lipinski definition) is 2. The molecule has 64 valence electrons. The second-order valence-corrected chi connectivity index (χ2v) is 2.07. The van der Waals surface area contributed by atoms with Gasteiger partial charge in [0.15, 0.2) is 0 Å². The molecule has 0 atom stereocenters. The van der Waals surface area contributed by atoms with Gasteiger partial charge in [-0.15, -0.1) is 0 Å². The first-order chi connectivity index (χ1) is 5.61. The van der Waals surface area contributed by atoms with E-state index in [-0.39, 0.29) is 5.57 Å². The summed E-state index contributed by atoms with van der Waals surface area (Å²) in [4.78, 5) is 21.0. The predicted molar refractivity (Wildman–Crippen MR) is 38.2 cm³/mol. The van der Waals surface area contributed by atoms with Gasteiger partial charge in [-0.1, -0.05) is 0 Å². The Kier molecular flexibility index (Phi) is 2.04. The Bertz CT molecular complexity index is 374. The van der Waals surface area contributed by atoms with E-state index in [1.165, 1.54) is 6.92 Å². The highest BCUT2D eigenvalue weighted by atomic mass is 16.4. The fraction of sp³-hybridized carbons (Fsp3) is 0.200. The first kappa shape index (κ1) is 8.18. The van der Waals surface area contributed by atoms with Crippen LogP contribution in [0.5, 0.6) is 0 Å². The first-order valence-corrected chi connectivity index (χ1v) is 3.03. The van der Waals surface area contributed by atoms with Gasteiger partial charge >= 0.3 is 11.7 Å². The highest BCUT2D eigenvalue weighted by Crippen LogP contribution is 1.91. The zero-order chi connectivity index (χ0) is 9.14. The van der Waals surface area contributed by atoms with Crippen molar-refractivity contribution in [1.82, 2.24) is 20.2 Å². The van der Waals surface area contributed by atoms with Crippen LogP contribution in [0.15, 0.2) is 10.4 Å². The Morgan fingerprint density at radius 2 is 2.42 bits per heavy atom. The Morgan fingerprint density at radius 1 is 1.75 bits per heavy atom. The number of aromatic nitrogens is 4. The van der Waals surface area contributed by atoms with Crippen molar-refractivity contribution in [2.75, 3.05) is 0 Å². The molecule has 0 aliphatic heterocycles. The van der Waals surface area contributed by atoms with Crippen molar-refractivity contribution in [2.24, 2.45) is 0 Å². The van der Waals surface area contributed by atoms with Gasteiger partial charge in [-0.25, -0.2) is 14.7 Å². The van der Waals surface area contributed by atoms with E-state index in [9.17, 15) is 9.59 Å². The van der Waals surface area contributed by atoms with Crippen LogP contribution in [-0.4, -0.2) is 31.3 Å². The van der Waals surface area contributed by atoms with Gasteiger partial charge < -0.3 is 5.11 Å². The molecule has 7 heteroatoms. The zero-order valence-electron chi connectivity index (χ0n) is 6.18. The second-order valence-electron chi connectivity index (χ2n) is 2.07. The summed E-state index contributed by atoms with van der Waals surface area (Å²) in [6.45, 7) is 1.35. The molecular weight excluding hydrogens is 164 g/mol. The molecule has 0 aliphatic rings. The topological polar surface area (TPSA) is 101 Å². The third kappa shape index (κ3) is 1.57. The van der Waals surface area contributed by atoms with E-state index in [0.717, 1.165) is 10.9 Å². The molecular formula is C5H6N4O3. The average Bonchev–Trinajstić information content (AvgIpc) is 2.36. The van der Waals surface area contributed by atoms with Gasteiger partial charge in [0.2, 0.25) is 0 Å². The average molecular weight is 170 g/mol. The molecule has 7 nitrogen and oxygen atoms in total. The number of aliphatic carboxylic acids is 1. The van der Waals surface area contributed by atoms with Crippen LogP contribution in [0.3, 0.4) is 0 Å². The van der Waals surface area contributed by atoms with Crippen LogP contribution >= 0.6 is 0 Å². The maximum Gasteiger partial charge on any atom is 0.365 e. The van der Waals surface area contributed by atoms with Crippen molar-refractivity contribution in [1.29, 1.82) is 0 Å². The van der Waals surface area contributed by atoms with Crippen molar-refractivity contribution >= 4 is 12.2 Å². The van der Waals surface area contributed by atoms with Crippen molar-refractivity contribution in [3.8, 4) is 0 Å². The molecule has 2 N–H and O–H groups in total. The molecule has 0 saturated heterocycles. The smallest absolute Gasteiger partial charge is 0.365 e. The first-order valence-electron chi connectivity index (χ1n) is 3.03. The van der Waals surface area contributed by atoms with E-state index in [1.807, 2.05) is 5.10 Å². The summed E-state index contributed by atoms with van der Waals surface area (Å²) in [6.07, 6.45) is 1.08. The molecule has 0 bridgehead atoms. The Hall–Kier alpha value is -1.92. The lowest BCUT2D eigenvalue weighted by Crippen LogP contribution is -2.14. The van der Waals surface area contributed by atoms with Gasteiger partial charge in [0.1, 0.15) is 0 Å². The molecule has 1 rings (SSSR count). The normalized spacial score (nSPS) is 11.6. The molecule has 12 heavy (non-hydrogen) atoms. The molecule has 1 aromatic rings. The van der Waals surface area contributed by atoms with E-state index >= 15 is 0 Å². The predicted octanol–water partition coefficient (Wildman–Crippen LogP) is -1.09. The number of H-pyrrole nitrogens is 1. The molecule has 0 fully saturated rings. The van der Waals surface area contributed by atoms with Crippen LogP contribution < -0.4 is 5.69 Å². The second kappa shape index (κ2) is 2.99. The lowest BCUT2D eigenvalue weighted by molar-refractivity contribution is -0.132. The summed E-state index contributed by atoms with van der Waals surface area (Å²) >= 11 is 0. The molecule has 0 aliphatic carbocycles. The summed E-state index contributed by atoms with van der Waals surface area (Å²) in [5.41, 5.74) is -0.568. The Labute approximate surface area is 66.3 Å². The fourth-order valence-corrected chi connectivity index (χ4v) is 0.528. The highest BCUT2D eigenvalue weighted by molar-refractivity contribution is 5.89. The minimum Gasteiger partial charge on any atom is -0.478 e. The Morgan fingerprint density at radius 3 is 2.83 bits per heavy atom. The molecule has 0 spiro atoms.